The Labute approximate surface area is 170 Å². The molecule has 3 heterocycles. The van der Waals surface area contributed by atoms with Crippen LogP contribution in [0, 0.1) is 11.5 Å². The molecule has 0 saturated carbocycles. The SMILES string of the molecule is COc1ccc2c3c1OC1C[C@@H](O)C=CC31CCN(C(=NC#N)N1CCCC1)C2. The van der Waals surface area contributed by atoms with Gasteiger partial charge in [0.15, 0.2) is 11.5 Å². The molecule has 1 aliphatic carbocycles. The number of likely N-dealkylation sites (tertiary alicyclic amines) is 1. The summed E-state index contributed by atoms with van der Waals surface area (Å²) in [4.78, 5) is 8.68. The van der Waals surface area contributed by atoms with Gasteiger partial charge in [-0.05, 0) is 30.9 Å². The molecule has 1 aromatic carbocycles. The Morgan fingerprint density at radius 1 is 1.31 bits per heavy atom. The van der Waals surface area contributed by atoms with E-state index in [1.54, 1.807) is 7.11 Å². The van der Waals surface area contributed by atoms with Gasteiger partial charge < -0.3 is 24.4 Å². The molecule has 2 unspecified atom stereocenters. The molecule has 7 nitrogen and oxygen atoms in total. The molecule has 29 heavy (non-hydrogen) atoms. The van der Waals surface area contributed by atoms with Gasteiger partial charge in [-0.3, -0.25) is 0 Å². The number of nitriles is 1. The van der Waals surface area contributed by atoms with E-state index in [0.717, 1.165) is 56.4 Å². The van der Waals surface area contributed by atoms with Gasteiger partial charge in [0.2, 0.25) is 12.2 Å². The second-order valence-electron chi connectivity index (χ2n) is 8.32. The molecule has 1 aromatic rings. The van der Waals surface area contributed by atoms with E-state index in [-0.39, 0.29) is 11.5 Å². The van der Waals surface area contributed by atoms with E-state index < -0.39 is 6.10 Å². The molecule has 3 atom stereocenters. The van der Waals surface area contributed by atoms with E-state index in [9.17, 15) is 10.4 Å². The van der Waals surface area contributed by atoms with Crippen LogP contribution in [0.1, 0.15) is 36.8 Å². The lowest BCUT2D eigenvalue weighted by Gasteiger charge is -2.36. The van der Waals surface area contributed by atoms with Crippen LogP contribution in [0.15, 0.2) is 29.3 Å². The van der Waals surface area contributed by atoms with Gasteiger partial charge in [0.25, 0.3) is 0 Å². The molecule has 1 saturated heterocycles. The number of aliphatic hydroxyl groups is 1. The third-order valence-corrected chi connectivity index (χ3v) is 6.78. The molecule has 1 N–H and O–H groups in total. The van der Waals surface area contributed by atoms with Gasteiger partial charge in [-0.25, -0.2) is 0 Å². The van der Waals surface area contributed by atoms with Crippen LogP contribution >= 0.6 is 0 Å². The summed E-state index contributed by atoms with van der Waals surface area (Å²) in [6, 6.07) is 4.07. The largest absolute Gasteiger partial charge is 0.493 e. The van der Waals surface area contributed by atoms with Crippen molar-refractivity contribution in [1.29, 1.82) is 5.26 Å². The molecule has 0 bridgehead atoms. The van der Waals surface area contributed by atoms with Crippen molar-refractivity contribution in [1.82, 2.24) is 9.80 Å². The van der Waals surface area contributed by atoms with E-state index in [1.807, 2.05) is 18.3 Å². The highest BCUT2D eigenvalue weighted by Crippen LogP contribution is 2.55. The van der Waals surface area contributed by atoms with Crippen LogP contribution in [-0.2, 0) is 12.0 Å². The normalized spacial score (nSPS) is 30.3. The summed E-state index contributed by atoms with van der Waals surface area (Å²) in [6.45, 7) is 3.34. The molecule has 5 rings (SSSR count). The Morgan fingerprint density at radius 2 is 2.14 bits per heavy atom. The number of benzene rings is 1. The molecular formula is C22H26N4O3. The van der Waals surface area contributed by atoms with Crippen molar-refractivity contribution < 1.29 is 14.6 Å². The number of guanidine groups is 1. The molecule has 3 aliphatic heterocycles. The number of nitrogens with zero attached hydrogens (tertiary/aromatic N) is 4. The maximum atomic E-state index is 10.2. The summed E-state index contributed by atoms with van der Waals surface area (Å²) in [7, 11) is 1.66. The van der Waals surface area contributed by atoms with Crippen LogP contribution in [0.3, 0.4) is 0 Å². The Hall–Kier alpha value is -2.72. The van der Waals surface area contributed by atoms with Crippen molar-refractivity contribution in [2.24, 2.45) is 4.99 Å². The van der Waals surface area contributed by atoms with E-state index in [1.165, 1.54) is 11.1 Å². The highest BCUT2D eigenvalue weighted by atomic mass is 16.5. The Bertz CT molecular complexity index is 915. The van der Waals surface area contributed by atoms with Gasteiger partial charge in [0.1, 0.15) is 6.10 Å². The Balaban J connectivity index is 1.60. The molecule has 1 spiro atoms. The maximum absolute atomic E-state index is 10.2. The number of ether oxygens (including phenoxy) is 2. The molecule has 152 valence electrons. The lowest BCUT2D eigenvalue weighted by molar-refractivity contribution is 0.0830. The van der Waals surface area contributed by atoms with Crippen LogP contribution in [0.25, 0.3) is 0 Å². The summed E-state index contributed by atoms with van der Waals surface area (Å²) in [5.41, 5.74) is 2.06. The smallest absolute Gasteiger partial charge is 0.212 e. The molecule has 7 heteroatoms. The van der Waals surface area contributed by atoms with Gasteiger partial charge >= 0.3 is 0 Å². The average Bonchev–Trinajstić information content (AvgIpc) is 3.32. The van der Waals surface area contributed by atoms with Crippen LogP contribution in [0.5, 0.6) is 11.5 Å². The number of aliphatic hydroxyl groups excluding tert-OH is 1. The van der Waals surface area contributed by atoms with E-state index in [0.29, 0.717) is 13.0 Å². The van der Waals surface area contributed by atoms with Crippen LogP contribution in [0.2, 0.25) is 0 Å². The van der Waals surface area contributed by atoms with E-state index in [4.69, 9.17) is 9.47 Å². The van der Waals surface area contributed by atoms with E-state index in [2.05, 4.69) is 26.9 Å². The molecule has 1 fully saturated rings. The zero-order valence-electron chi connectivity index (χ0n) is 16.7. The van der Waals surface area contributed by atoms with Crippen molar-refractivity contribution in [2.75, 3.05) is 26.7 Å². The van der Waals surface area contributed by atoms with Crippen molar-refractivity contribution >= 4 is 5.96 Å². The third kappa shape index (κ3) is 2.77. The molecule has 4 aliphatic rings. The average molecular weight is 394 g/mol. The number of aliphatic imine (C=N–C) groups is 1. The fourth-order valence-corrected chi connectivity index (χ4v) is 5.41. The minimum atomic E-state index is -0.492. The Kier molecular flexibility index (Phi) is 4.39. The minimum absolute atomic E-state index is 0.115. The second kappa shape index (κ2) is 6.96. The summed E-state index contributed by atoms with van der Waals surface area (Å²) >= 11 is 0. The quantitative estimate of drug-likeness (QED) is 0.340. The first-order valence-corrected chi connectivity index (χ1v) is 10.4. The first-order valence-electron chi connectivity index (χ1n) is 10.4. The summed E-state index contributed by atoms with van der Waals surface area (Å²) < 4.78 is 12.0. The fourth-order valence-electron chi connectivity index (χ4n) is 5.41. The maximum Gasteiger partial charge on any atom is 0.212 e. The number of hydrogen-bond acceptors (Lipinski definition) is 5. The van der Waals surface area contributed by atoms with Gasteiger partial charge in [-0.15, -0.1) is 4.99 Å². The lowest BCUT2D eigenvalue weighted by Crippen LogP contribution is -2.45. The first-order chi connectivity index (χ1) is 14.2. The number of hydrogen-bond donors (Lipinski definition) is 1. The van der Waals surface area contributed by atoms with Gasteiger partial charge in [0, 0.05) is 38.2 Å². The molecular weight excluding hydrogens is 368 g/mol. The van der Waals surface area contributed by atoms with Gasteiger partial charge in [0.05, 0.1) is 18.6 Å². The molecule has 0 radical (unpaired) electrons. The fraction of sp³-hybridized carbons (Fsp3) is 0.545. The van der Waals surface area contributed by atoms with E-state index >= 15 is 0 Å². The van der Waals surface area contributed by atoms with Crippen molar-refractivity contribution in [3.05, 3.63) is 35.4 Å². The van der Waals surface area contributed by atoms with Crippen LogP contribution in [0.4, 0.5) is 0 Å². The second-order valence-corrected chi connectivity index (χ2v) is 8.32. The zero-order valence-corrected chi connectivity index (χ0v) is 16.7. The predicted octanol–water partition coefficient (Wildman–Crippen LogP) is 2.15. The van der Waals surface area contributed by atoms with Crippen LogP contribution in [-0.4, -0.2) is 59.8 Å². The van der Waals surface area contributed by atoms with Crippen LogP contribution < -0.4 is 9.47 Å². The minimum Gasteiger partial charge on any atom is -0.493 e. The van der Waals surface area contributed by atoms with Gasteiger partial charge in [-0.1, -0.05) is 18.2 Å². The third-order valence-electron chi connectivity index (χ3n) is 6.78. The zero-order chi connectivity index (χ0) is 20.0. The summed E-state index contributed by atoms with van der Waals surface area (Å²) in [5.74, 6) is 2.32. The standard InChI is InChI=1S/C22H26N4O3/c1-28-17-5-4-15-13-26(21(24-14-23)25-9-2-3-10-25)11-8-22-7-6-16(27)12-18(22)29-20(17)19(15)22/h4-7,16,18,27H,2-3,8-13H2,1H3/t16-,18?,22?/m0/s1. The van der Waals surface area contributed by atoms with Crippen molar-refractivity contribution in [3.63, 3.8) is 0 Å². The van der Waals surface area contributed by atoms with Crippen molar-refractivity contribution in [2.45, 2.75) is 49.9 Å². The molecule has 0 aromatic heterocycles. The highest BCUT2D eigenvalue weighted by Gasteiger charge is 2.53. The monoisotopic (exact) mass is 394 g/mol. The molecule has 0 amide bonds. The Morgan fingerprint density at radius 3 is 2.90 bits per heavy atom. The lowest BCUT2D eigenvalue weighted by atomic mass is 9.69. The summed E-state index contributed by atoms with van der Waals surface area (Å²) in [6.07, 6.45) is 9.13. The number of methoxy groups -OCH3 is 1. The van der Waals surface area contributed by atoms with Crippen molar-refractivity contribution in [3.8, 4) is 17.7 Å². The summed E-state index contributed by atoms with van der Waals surface area (Å²) in [5, 5.41) is 19.5. The first kappa shape index (κ1) is 18.3. The number of rotatable bonds is 1. The topological polar surface area (TPSA) is 81.3 Å². The highest BCUT2D eigenvalue weighted by molar-refractivity contribution is 5.81. The van der Waals surface area contributed by atoms with Gasteiger partial charge in [-0.2, -0.15) is 5.26 Å². The predicted molar refractivity (Wildman–Crippen MR) is 108 cm³/mol.